The number of carbonyl (C=O) groups excluding carboxylic acids is 1. The van der Waals surface area contributed by atoms with Crippen molar-refractivity contribution in [2.45, 2.75) is 52.6 Å². The van der Waals surface area contributed by atoms with Crippen molar-refractivity contribution >= 4 is 5.97 Å². The quantitative estimate of drug-likeness (QED) is 0.862. The third-order valence-corrected chi connectivity index (χ3v) is 2.55. The molecule has 0 heterocycles. The molecule has 0 amide bonds. The zero-order valence-electron chi connectivity index (χ0n) is 13.1. The van der Waals surface area contributed by atoms with Crippen LogP contribution in [0.4, 0.5) is 0 Å². The van der Waals surface area contributed by atoms with E-state index in [0.29, 0.717) is 5.75 Å². The summed E-state index contributed by atoms with van der Waals surface area (Å²) < 4.78 is 10.5. The van der Waals surface area contributed by atoms with E-state index < -0.39 is 11.6 Å². The van der Waals surface area contributed by atoms with Crippen molar-refractivity contribution in [2.75, 3.05) is 6.61 Å². The Balaban J connectivity index is 2.67. The van der Waals surface area contributed by atoms with Crippen LogP contribution in [0.2, 0.25) is 0 Å². The highest BCUT2D eigenvalue weighted by Crippen LogP contribution is 2.33. The number of rotatable bonds is 3. The lowest BCUT2D eigenvalue weighted by molar-refractivity contribution is -0.157. The lowest BCUT2D eigenvalue weighted by Gasteiger charge is -2.21. The van der Waals surface area contributed by atoms with Crippen molar-refractivity contribution in [3.05, 3.63) is 23.8 Å². The molecular formula is C16H24O4. The molecule has 1 aromatic rings. The van der Waals surface area contributed by atoms with Gasteiger partial charge in [-0.15, -0.1) is 0 Å². The van der Waals surface area contributed by atoms with Gasteiger partial charge >= 0.3 is 5.97 Å². The highest BCUT2D eigenvalue weighted by atomic mass is 16.6. The second-order valence-electron chi connectivity index (χ2n) is 6.80. The third kappa shape index (κ3) is 5.11. The zero-order chi connectivity index (χ0) is 15.6. The molecule has 4 heteroatoms. The number of ether oxygens (including phenoxy) is 2. The molecule has 0 fully saturated rings. The van der Waals surface area contributed by atoms with Crippen molar-refractivity contribution in [1.82, 2.24) is 0 Å². The number of carbonyl (C=O) groups is 1. The number of esters is 1. The molecule has 0 saturated heterocycles. The van der Waals surface area contributed by atoms with E-state index in [1.54, 1.807) is 32.9 Å². The van der Waals surface area contributed by atoms with Crippen LogP contribution in [-0.2, 0) is 14.9 Å². The Kier molecular flexibility index (Phi) is 4.69. The fourth-order valence-electron chi connectivity index (χ4n) is 1.75. The van der Waals surface area contributed by atoms with Crippen LogP contribution in [0.3, 0.4) is 0 Å². The molecule has 0 spiro atoms. The predicted octanol–water partition coefficient (Wildman–Crippen LogP) is 3.41. The van der Waals surface area contributed by atoms with E-state index >= 15 is 0 Å². The fraction of sp³-hybridized carbons (Fsp3) is 0.562. The molecule has 4 nitrogen and oxygen atoms in total. The van der Waals surface area contributed by atoms with Crippen LogP contribution >= 0.6 is 0 Å². The number of aromatic hydroxyl groups is 1. The summed E-state index contributed by atoms with van der Waals surface area (Å²) >= 11 is 0. The largest absolute Gasteiger partial charge is 0.508 e. The van der Waals surface area contributed by atoms with Gasteiger partial charge in [0.2, 0.25) is 0 Å². The van der Waals surface area contributed by atoms with E-state index in [-0.39, 0.29) is 17.8 Å². The highest BCUT2D eigenvalue weighted by Gasteiger charge is 2.19. The fourth-order valence-corrected chi connectivity index (χ4v) is 1.75. The standard InChI is InChI=1S/C16H24O4/c1-15(2,3)12-8-7-11(9-13(12)17)19-10-14(18)20-16(4,5)6/h7-9,17H,10H2,1-6H3. The van der Waals surface area contributed by atoms with E-state index in [4.69, 9.17) is 9.47 Å². The summed E-state index contributed by atoms with van der Waals surface area (Å²) in [6.07, 6.45) is 0. The van der Waals surface area contributed by atoms with Gasteiger partial charge in [0.1, 0.15) is 17.1 Å². The van der Waals surface area contributed by atoms with Crippen LogP contribution in [0.5, 0.6) is 11.5 Å². The smallest absolute Gasteiger partial charge is 0.344 e. The maximum Gasteiger partial charge on any atom is 0.344 e. The van der Waals surface area contributed by atoms with Crippen LogP contribution in [0.1, 0.15) is 47.1 Å². The minimum atomic E-state index is -0.529. The Morgan fingerprint density at radius 1 is 1.15 bits per heavy atom. The van der Waals surface area contributed by atoms with Crippen LogP contribution in [0.25, 0.3) is 0 Å². The average molecular weight is 280 g/mol. The molecule has 0 bridgehead atoms. The SMILES string of the molecule is CC(C)(C)OC(=O)COc1ccc(C(C)(C)C)c(O)c1. The molecule has 1 N–H and O–H groups in total. The first-order chi connectivity index (χ1) is 8.99. The third-order valence-electron chi connectivity index (χ3n) is 2.55. The van der Waals surface area contributed by atoms with Crippen molar-refractivity contribution in [2.24, 2.45) is 0 Å². The van der Waals surface area contributed by atoms with Crippen molar-refractivity contribution in [1.29, 1.82) is 0 Å². The van der Waals surface area contributed by atoms with E-state index in [0.717, 1.165) is 5.56 Å². The van der Waals surface area contributed by atoms with Gasteiger partial charge in [0.15, 0.2) is 6.61 Å². The molecule has 0 radical (unpaired) electrons. The molecule has 1 rings (SSSR count). The van der Waals surface area contributed by atoms with Gasteiger partial charge in [0.05, 0.1) is 0 Å². The molecule has 0 aromatic heterocycles. The molecular weight excluding hydrogens is 256 g/mol. The summed E-state index contributed by atoms with van der Waals surface area (Å²) in [6.45, 7) is 11.3. The topological polar surface area (TPSA) is 55.8 Å². The molecule has 0 unspecified atom stereocenters. The monoisotopic (exact) mass is 280 g/mol. The van der Waals surface area contributed by atoms with Crippen molar-refractivity contribution in [3.8, 4) is 11.5 Å². The van der Waals surface area contributed by atoms with Gasteiger partial charge in [0.25, 0.3) is 0 Å². The van der Waals surface area contributed by atoms with Crippen LogP contribution in [0, 0.1) is 0 Å². The first-order valence-corrected chi connectivity index (χ1v) is 6.67. The van der Waals surface area contributed by atoms with Crippen LogP contribution < -0.4 is 4.74 Å². The molecule has 0 aliphatic heterocycles. The lowest BCUT2D eigenvalue weighted by atomic mass is 9.86. The lowest BCUT2D eigenvalue weighted by Crippen LogP contribution is -2.27. The number of hydrogen-bond acceptors (Lipinski definition) is 4. The summed E-state index contributed by atoms with van der Waals surface area (Å²) in [5.74, 6) is 0.178. The predicted molar refractivity (Wildman–Crippen MR) is 78.1 cm³/mol. The number of hydrogen-bond donors (Lipinski definition) is 1. The summed E-state index contributed by atoms with van der Waals surface area (Å²) in [4.78, 5) is 11.5. The maximum absolute atomic E-state index is 11.5. The zero-order valence-corrected chi connectivity index (χ0v) is 13.1. The Hall–Kier alpha value is -1.71. The molecule has 0 aliphatic rings. The van der Waals surface area contributed by atoms with Gasteiger partial charge in [-0.05, 0) is 37.8 Å². The van der Waals surface area contributed by atoms with Gasteiger partial charge in [-0.25, -0.2) is 4.79 Å². The summed E-state index contributed by atoms with van der Waals surface area (Å²) in [5, 5.41) is 9.98. The maximum atomic E-state index is 11.5. The Bertz CT molecular complexity index is 478. The van der Waals surface area contributed by atoms with Gasteiger partial charge in [-0.1, -0.05) is 26.8 Å². The van der Waals surface area contributed by atoms with Gasteiger partial charge in [-0.3, -0.25) is 0 Å². The Morgan fingerprint density at radius 3 is 2.20 bits per heavy atom. The number of phenols is 1. The summed E-state index contributed by atoms with van der Waals surface area (Å²) in [5.41, 5.74) is 0.161. The van der Waals surface area contributed by atoms with E-state index in [9.17, 15) is 9.90 Å². The summed E-state index contributed by atoms with van der Waals surface area (Å²) in [7, 11) is 0. The van der Waals surface area contributed by atoms with Gasteiger partial charge in [-0.2, -0.15) is 0 Å². The number of phenolic OH excluding ortho intramolecular Hbond substituents is 1. The average Bonchev–Trinajstić information content (AvgIpc) is 2.22. The first-order valence-electron chi connectivity index (χ1n) is 6.67. The first kappa shape index (κ1) is 16.3. The molecule has 0 atom stereocenters. The minimum Gasteiger partial charge on any atom is -0.508 e. The second kappa shape index (κ2) is 5.73. The van der Waals surface area contributed by atoms with Crippen LogP contribution in [-0.4, -0.2) is 23.3 Å². The molecule has 1 aromatic carbocycles. The number of benzene rings is 1. The Morgan fingerprint density at radius 2 is 1.75 bits per heavy atom. The van der Waals surface area contributed by atoms with Crippen molar-refractivity contribution in [3.63, 3.8) is 0 Å². The molecule has 0 aliphatic carbocycles. The normalized spacial score (nSPS) is 12.1. The second-order valence-corrected chi connectivity index (χ2v) is 6.80. The van der Waals surface area contributed by atoms with Gasteiger partial charge in [0, 0.05) is 6.07 Å². The van der Waals surface area contributed by atoms with Gasteiger partial charge < -0.3 is 14.6 Å². The molecule has 0 saturated carbocycles. The highest BCUT2D eigenvalue weighted by molar-refractivity contribution is 5.71. The minimum absolute atomic E-state index is 0.145. The van der Waals surface area contributed by atoms with E-state index in [2.05, 4.69) is 0 Å². The van der Waals surface area contributed by atoms with Crippen molar-refractivity contribution < 1.29 is 19.4 Å². The molecule has 20 heavy (non-hydrogen) atoms. The van der Waals surface area contributed by atoms with Crippen LogP contribution in [0.15, 0.2) is 18.2 Å². The Labute approximate surface area is 120 Å². The van der Waals surface area contributed by atoms with E-state index in [1.807, 2.05) is 20.8 Å². The van der Waals surface area contributed by atoms with E-state index in [1.165, 1.54) is 6.07 Å². The molecule has 112 valence electrons. The summed E-state index contributed by atoms with van der Waals surface area (Å²) in [6, 6.07) is 5.06.